The Morgan fingerprint density at radius 2 is 1.00 bits per heavy atom. The number of aryl methyl sites for hydroxylation is 3. The van der Waals surface area contributed by atoms with Crippen LogP contribution in [0, 0.1) is 20.8 Å². The van der Waals surface area contributed by atoms with Gasteiger partial charge in [0, 0.05) is 22.0 Å². The van der Waals surface area contributed by atoms with Gasteiger partial charge in [-0.1, -0.05) is 109 Å². The van der Waals surface area contributed by atoms with Crippen molar-refractivity contribution in [2.45, 2.75) is 20.8 Å². The highest BCUT2D eigenvalue weighted by Gasteiger charge is 2.20. The van der Waals surface area contributed by atoms with Gasteiger partial charge in [0.25, 0.3) is 0 Å². The van der Waals surface area contributed by atoms with Gasteiger partial charge in [0.15, 0.2) is 13.6 Å². The Bertz CT molecular complexity index is 1200. The Morgan fingerprint density at radius 3 is 1.42 bits per heavy atom. The van der Waals surface area contributed by atoms with Crippen molar-refractivity contribution in [1.29, 1.82) is 0 Å². The molecule has 1 unspecified atom stereocenters. The molecule has 33 heavy (non-hydrogen) atoms. The average Bonchev–Trinajstić information content (AvgIpc) is 2.84. The van der Waals surface area contributed by atoms with Crippen LogP contribution >= 0.6 is 7.80 Å². The summed E-state index contributed by atoms with van der Waals surface area (Å²) < 4.78 is 12.4. The van der Waals surface area contributed by atoms with E-state index in [-0.39, 0.29) is 11.3 Å². The van der Waals surface area contributed by atoms with E-state index in [1.165, 1.54) is 0 Å². The third-order valence-corrected chi connectivity index (χ3v) is 6.74. The lowest BCUT2D eigenvalue weighted by molar-refractivity contribution is 0.103. The fourth-order valence-electron chi connectivity index (χ4n) is 3.72. The van der Waals surface area contributed by atoms with Gasteiger partial charge in [0.1, 0.15) is 0 Å². The number of carbonyl (C=O) groups is 2. The van der Waals surface area contributed by atoms with Crippen molar-refractivity contribution in [3.63, 3.8) is 0 Å². The van der Waals surface area contributed by atoms with E-state index in [0.717, 1.165) is 27.8 Å². The topological polar surface area (TPSA) is 51.2 Å². The van der Waals surface area contributed by atoms with Crippen LogP contribution in [-0.2, 0) is 4.57 Å². The second-order valence-electron chi connectivity index (χ2n) is 7.86. The highest BCUT2D eigenvalue weighted by atomic mass is 31.1. The van der Waals surface area contributed by atoms with Crippen LogP contribution in [-0.4, -0.2) is 11.3 Å². The molecule has 4 heteroatoms. The van der Waals surface area contributed by atoms with Crippen LogP contribution in [0.15, 0.2) is 103 Å². The van der Waals surface area contributed by atoms with Gasteiger partial charge in [-0.3, -0.25) is 9.59 Å². The summed E-state index contributed by atoms with van der Waals surface area (Å²) in [5, 5.41) is 0.622. The highest BCUT2D eigenvalue weighted by molar-refractivity contribution is 7.71. The van der Waals surface area contributed by atoms with Gasteiger partial charge >= 0.3 is 0 Å². The summed E-state index contributed by atoms with van der Waals surface area (Å²) in [6.45, 7) is 5.79. The quantitative estimate of drug-likeness (QED) is 0.254. The van der Waals surface area contributed by atoms with Gasteiger partial charge in [-0.2, -0.15) is 0 Å². The molecule has 3 nitrogen and oxygen atoms in total. The summed E-state index contributed by atoms with van der Waals surface area (Å²) in [5.41, 5.74) is 4.75. The van der Waals surface area contributed by atoms with Gasteiger partial charge in [-0.05, 0) is 31.9 Å². The largest absolute Gasteiger partial charge is 0.313 e. The second kappa shape index (κ2) is 11.4. The smallest absolute Gasteiger partial charge is 0.223 e. The number of carbonyl (C=O) groups excluding carboxylic acids is 2. The molecule has 0 radical (unpaired) electrons. The van der Waals surface area contributed by atoms with Crippen molar-refractivity contribution in [3.8, 4) is 0 Å². The summed E-state index contributed by atoms with van der Waals surface area (Å²) in [4.78, 5) is 24.3. The minimum Gasteiger partial charge on any atom is -0.313 e. The Hall–Kier alpha value is -3.55. The van der Waals surface area contributed by atoms with Crippen molar-refractivity contribution in [1.82, 2.24) is 0 Å². The molecule has 0 heterocycles. The molecular weight excluding hydrogens is 427 g/mol. The standard InChI is InChI=1S/C16H17O2P.C13H10O/c1-11-9-12(2)15(13(3)10-11)16(17)19(18)14-7-5-4-6-8-14;14-13(11-7-3-1-4-8-11)12-9-5-2-6-10-12/h4-10,19H,1-3H3;1-10H. The van der Waals surface area contributed by atoms with E-state index in [9.17, 15) is 14.2 Å². The van der Waals surface area contributed by atoms with Crippen molar-refractivity contribution < 1.29 is 14.2 Å². The van der Waals surface area contributed by atoms with E-state index in [1.807, 2.05) is 99.6 Å². The lowest BCUT2D eigenvalue weighted by atomic mass is 10.0. The normalized spacial score (nSPS) is 11.1. The molecule has 4 rings (SSSR count). The molecule has 0 aliphatic rings. The lowest BCUT2D eigenvalue weighted by Crippen LogP contribution is -2.07. The Labute approximate surface area is 195 Å². The Kier molecular flexibility index (Phi) is 8.29. The predicted molar refractivity (Wildman–Crippen MR) is 136 cm³/mol. The van der Waals surface area contributed by atoms with Crippen LogP contribution in [0.1, 0.15) is 43.0 Å². The summed E-state index contributed by atoms with van der Waals surface area (Å²) in [6, 6.07) is 31.5. The molecule has 0 bridgehead atoms. The molecule has 1 atom stereocenters. The van der Waals surface area contributed by atoms with E-state index in [2.05, 4.69) is 0 Å². The van der Waals surface area contributed by atoms with Crippen LogP contribution in [0.5, 0.6) is 0 Å². The summed E-state index contributed by atoms with van der Waals surface area (Å²) in [7, 11) is -2.44. The van der Waals surface area contributed by atoms with E-state index in [0.29, 0.717) is 10.9 Å². The lowest BCUT2D eigenvalue weighted by Gasteiger charge is -2.10. The van der Waals surface area contributed by atoms with E-state index >= 15 is 0 Å². The first kappa shape index (κ1) is 24.1. The van der Waals surface area contributed by atoms with Crippen LogP contribution in [0.2, 0.25) is 0 Å². The zero-order chi connectivity index (χ0) is 23.8. The van der Waals surface area contributed by atoms with Gasteiger partial charge in [-0.25, -0.2) is 0 Å². The number of rotatable bonds is 5. The number of hydrogen-bond donors (Lipinski definition) is 0. The zero-order valence-corrected chi connectivity index (χ0v) is 20.0. The van der Waals surface area contributed by atoms with E-state index < -0.39 is 7.80 Å². The van der Waals surface area contributed by atoms with E-state index in [4.69, 9.17) is 0 Å². The van der Waals surface area contributed by atoms with Gasteiger partial charge < -0.3 is 4.57 Å². The van der Waals surface area contributed by atoms with Crippen LogP contribution in [0.3, 0.4) is 0 Å². The number of ketones is 1. The van der Waals surface area contributed by atoms with Gasteiger partial charge in [0.05, 0.1) is 0 Å². The maximum Gasteiger partial charge on any atom is 0.223 e. The Balaban J connectivity index is 0.000000194. The molecular formula is C29H27O3P. The van der Waals surface area contributed by atoms with Crippen LogP contribution in [0.4, 0.5) is 0 Å². The zero-order valence-electron chi connectivity index (χ0n) is 19.0. The molecule has 166 valence electrons. The monoisotopic (exact) mass is 454 g/mol. The molecule has 0 saturated heterocycles. The third-order valence-electron chi connectivity index (χ3n) is 5.22. The molecule has 0 N–H and O–H groups in total. The Morgan fingerprint density at radius 1 is 0.606 bits per heavy atom. The molecule has 0 fully saturated rings. The van der Waals surface area contributed by atoms with Crippen LogP contribution < -0.4 is 5.30 Å². The highest BCUT2D eigenvalue weighted by Crippen LogP contribution is 2.30. The molecule has 4 aromatic carbocycles. The minimum atomic E-state index is -2.44. The van der Waals surface area contributed by atoms with Crippen LogP contribution in [0.25, 0.3) is 0 Å². The van der Waals surface area contributed by atoms with Gasteiger partial charge in [-0.15, -0.1) is 0 Å². The maximum atomic E-state index is 12.4. The summed E-state index contributed by atoms with van der Waals surface area (Å²) in [6.07, 6.45) is 0. The van der Waals surface area contributed by atoms with E-state index in [1.54, 1.807) is 24.3 Å². The van der Waals surface area contributed by atoms with Crippen molar-refractivity contribution in [2.75, 3.05) is 0 Å². The second-order valence-corrected chi connectivity index (χ2v) is 9.55. The number of benzene rings is 4. The molecule has 0 aromatic heterocycles. The maximum absolute atomic E-state index is 12.4. The number of hydrogen-bond acceptors (Lipinski definition) is 3. The minimum absolute atomic E-state index is 0.0752. The first-order valence-corrected chi connectivity index (χ1v) is 12.2. The molecule has 0 saturated carbocycles. The average molecular weight is 455 g/mol. The van der Waals surface area contributed by atoms with Gasteiger partial charge in [0.2, 0.25) is 5.52 Å². The summed E-state index contributed by atoms with van der Waals surface area (Å²) >= 11 is 0. The van der Waals surface area contributed by atoms with Crippen molar-refractivity contribution in [3.05, 3.63) is 137 Å². The molecule has 0 amide bonds. The predicted octanol–water partition coefficient (Wildman–Crippen LogP) is 6.55. The first-order chi connectivity index (χ1) is 15.9. The summed E-state index contributed by atoms with van der Waals surface area (Å²) in [5.74, 6) is 0.0752. The molecule has 0 aliphatic heterocycles. The van der Waals surface area contributed by atoms with Crippen molar-refractivity contribution >= 4 is 24.4 Å². The third kappa shape index (κ3) is 6.25. The molecule has 4 aromatic rings. The SMILES string of the molecule is Cc1cc(C)c(C(=O)[PH](=O)c2ccccc2)c(C)c1.O=C(c1ccccc1)c1ccccc1. The molecule has 0 spiro atoms. The van der Waals surface area contributed by atoms with Crippen molar-refractivity contribution in [2.24, 2.45) is 0 Å². The first-order valence-electron chi connectivity index (χ1n) is 10.7. The fourth-order valence-corrected chi connectivity index (χ4v) is 5.10. The molecule has 0 aliphatic carbocycles. The fraction of sp³-hybridized carbons (Fsp3) is 0.103.